The highest BCUT2D eigenvalue weighted by Gasteiger charge is 2.54. The molecule has 0 amide bonds. The van der Waals surface area contributed by atoms with E-state index in [-0.39, 0.29) is 11.6 Å². The zero-order chi connectivity index (χ0) is 26.2. The van der Waals surface area contributed by atoms with Crippen LogP contribution in [0.2, 0.25) is 5.02 Å². The molecule has 0 N–H and O–H groups in total. The van der Waals surface area contributed by atoms with Crippen molar-refractivity contribution in [2.75, 3.05) is 0 Å². The first kappa shape index (κ1) is 22.5. The predicted molar refractivity (Wildman–Crippen MR) is 151 cm³/mol. The third-order valence-corrected chi connectivity index (χ3v) is 8.46. The van der Waals surface area contributed by atoms with Crippen molar-refractivity contribution in [2.45, 2.75) is 31.2 Å². The van der Waals surface area contributed by atoms with E-state index in [0.29, 0.717) is 16.9 Å². The predicted octanol–water partition coefficient (Wildman–Crippen LogP) is 5.50. The van der Waals surface area contributed by atoms with Crippen LogP contribution < -0.4 is 5.56 Å². The number of hydrogen-bond donors (Lipinski definition) is 0. The van der Waals surface area contributed by atoms with Crippen molar-refractivity contribution in [3.8, 4) is 16.8 Å². The average Bonchev–Trinajstić information content (AvgIpc) is 3.28. The van der Waals surface area contributed by atoms with Crippen LogP contribution in [0, 0.1) is 5.92 Å². The molecule has 0 bridgehead atoms. The molecule has 0 radical (unpaired) electrons. The molecule has 4 aromatic rings. The van der Waals surface area contributed by atoms with Crippen molar-refractivity contribution in [3.63, 3.8) is 0 Å². The van der Waals surface area contributed by atoms with E-state index in [1.165, 1.54) is 11.9 Å². The van der Waals surface area contributed by atoms with Crippen LogP contribution in [0.15, 0.2) is 88.0 Å². The average molecular weight is 532 g/mol. The monoisotopic (exact) mass is 531 g/mol. The molecule has 9 heteroatoms. The summed E-state index contributed by atoms with van der Waals surface area (Å²) in [6.45, 7) is 4.02. The third-order valence-electron chi connectivity index (χ3n) is 8.23. The smallest absolute Gasteiger partial charge is 0.251 e. The lowest BCUT2D eigenvalue weighted by Gasteiger charge is -2.20. The Hall–Kier alpha value is -4.43. The van der Waals surface area contributed by atoms with Crippen LogP contribution in [0.4, 0.5) is 5.69 Å². The molecular formula is C30H22ClN7O. The number of allylic oxidation sites excluding steroid dienone is 2. The van der Waals surface area contributed by atoms with E-state index in [9.17, 15) is 4.79 Å². The number of hydrogen-bond acceptors (Lipinski definition) is 6. The molecule has 1 aliphatic carbocycles. The van der Waals surface area contributed by atoms with E-state index in [4.69, 9.17) is 16.6 Å². The number of aliphatic imine (C=N–C) groups is 2. The summed E-state index contributed by atoms with van der Waals surface area (Å²) < 4.78 is 3.55. The molecule has 0 spiro atoms. The molecule has 8 rings (SSSR count). The third kappa shape index (κ3) is 3.59. The summed E-state index contributed by atoms with van der Waals surface area (Å²) in [4.78, 5) is 23.1. The maximum atomic E-state index is 13.6. The number of fused-ring (bicyclic) bond motifs is 4. The van der Waals surface area contributed by atoms with Gasteiger partial charge < -0.3 is 4.57 Å². The van der Waals surface area contributed by atoms with Crippen LogP contribution in [-0.2, 0) is 6.42 Å². The molecule has 4 aliphatic rings. The second-order valence-electron chi connectivity index (χ2n) is 10.6. The minimum absolute atomic E-state index is 0.0161. The van der Waals surface area contributed by atoms with Crippen LogP contribution in [0.3, 0.4) is 0 Å². The van der Waals surface area contributed by atoms with Gasteiger partial charge >= 0.3 is 0 Å². The molecule has 3 aliphatic heterocycles. The van der Waals surface area contributed by atoms with E-state index in [1.807, 2.05) is 29.1 Å². The second-order valence-corrected chi connectivity index (χ2v) is 11.1. The van der Waals surface area contributed by atoms with Crippen LogP contribution in [-0.4, -0.2) is 36.7 Å². The first-order valence-corrected chi connectivity index (χ1v) is 13.3. The Labute approximate surface area is 228 Å². The minimum Gasteiger partial charge on any atom is -0.303 e. The van der Waals surface area contributed by atoms with Gasteiger partial charge in [-0.1, -0.05) is 30.3 Å². The van der Waals surface area contributed by atoms with Crippen LogP contribution in [0.1, 0.15) is 41.6 Å². The Kier molecular flexibility index (Phi) is 4.79. The Morgan fingerprint density at radius 2 is 1.95 bits per heavy atom. The zero-order valence-corrected chi connectivity index (χ0v) is 21.6. The number of tetrazole rings is 1. The SMILES string of the molecule is C=C1C=Nc2cc(C3=CN=C(C4C5CC5c5cc(-c6cc(Cl)ccc6-n6cnnn6)cc(=O)n54)C3)ccc2C1. The Balaban J connectivity index is 1.12. The fourth-order valence-corrected chi connectivity index (χ4v) is 6.50. The lowest BCUT2D eigenvalue weighted by Crippen LogP contribution is -2.29. The van der Waals surface area contributed by atoms with E-state index in [0.717, 1.165) is 69.9 Å². The number of benzene rings is 2. The molecule has 8 nitrogen and oxygen atoms in total. The molecule has 190 valence electrons. The number of rotatable bonds is 4. The second kappa shape index (κ2) is 8.28. The summed E-state index contributed by atoms with van der Waals surface area (Å²) in [6, 6.07) is 15.7. The molecule has 2 aromatic heterocycles. The van der Waals surface area contributed by atoms with E-state index in [1.54, 1.807) is 16.8 Å². The lowest BCUT2D eigenvalue weighted by molar-refractivity contribution is 0.584. The summed E-state index contributed by atoms with van der Waals surface area (Å²) in [5, 5.41) is 12.1. The van der Waals surface area contributed by atoms with Gasteiger partial charge in [-0.3, -0.25) is 14.8 Å². The number of aromatic nitrogens is 5. The van der Waals surface area contributed by atoms with Gasteiger partial charge in [0, 0.05) is 59.2 Å². The molecule has 3 unspecified atom stereocenters. The topological polar surface area (TPSA) is 90.3 Å². The molecule has 5 heterocycles. The van der Waals surface area contributed by atoms with Crippen molar-refractivity contribution < 1.29 is 0 Å². The maximum Gasteiger partial charge on any atom is 0.251 e. The van der Waals surface area contributed by atoms with Crippen molar-refractivity contribution in [1.82, 2.24) is 24.8 Å². The van der Waals surface area contributed by atoms with Gasteiger partial charge in [-0.05, 0) is 80.9 Å². The fourth-order valence-electron chi connectivity index (χ4n) is 6.33. The van der Waals surface area contributed by atoms with Crippen molar-refractivity contribution >= 4 is 34.8 Å². The summed E-state index contributed by atoms with van der Waals surface area (Å²) in [5.41, 5.74) is 9.99. The zero-order valence-electron chi connectivity index (χ0n) is 20.8. The normalized spacial score (nSPS) is 22.3. The molecule has 39 heavy (non-hydrogen) atoms. The minimum atomic E-state index is -0.0261. The summed E-state index contributed by atoms with van der Waals surface area (Å²) >= 11 is 6.36. The number of nitrogens with zero attached hydrogens (tertiary/aromatic N) is 7. The Morgan fingerprint density at radius 3 is 2.82 bits per heavy atom. The van der Waals surface area contributed by atoms with Crippen molar-refractivity contribution in [2.24, 2.45) is 15.9 Å². The van der Waals surface area contributed by atoms with Gasteiger partial charge in [-0.15, -0.1) is 5.10 Å². The van der Waals surface area contributed by atoms with E-state index in [2.05, 4.69) is 51.4 Å². The highest BCUT2D eigenvalue weighted by molar-refractivity contribution is 6.31. The Bertz CT molecular complexity index is 1860. The van der Waals surface area contributed by atoms with Gasteiger partial charge in [0.25, 0.3) is 5.56 Å². The Morgan fingerprint density at radius 1 is 1.03 bits per heavy atom. The number of pyridine rings is 1. The van der Waals surface area contributed by atoms with Crippen molar-refractivity contribution in [3.05, 3.63) is 105 Å². The maximum absolute atomic E-state index is 13.6. The van der Waals surface area contributed by atoms with Crippen LogP contribution >= 0.6 is 11.6 Å². The van der Waals surface area contributed by atoms with Crippen LogP contribution in [0.5, 0.6) is 0 Å². The quantitative estimate of drug-likeness (QED) is 0.347. The molecule has 2 aromatic carbocycles. The van der Waals surface area contributed by atoms with Gasteiger partial charge in [0.2, 0.25) is 0 Å². The fraction of sp³-hybridized carbons (Fsp3) is 0.200. The standard InChI is InChI=1S/C30H22ClN7O/c1-16-6-18-3-2-17(7-25(18)32-13-16)20-8-26(33-14-20)30-24-12-23(24)28-9-19(10-29(39)38(28)30)22-11-21(31)4-5-27(22)37-15-34-35-36-37/h2-5,7,9-11,13-15,23-24,30H,1,6,8,12H2. The molecule has 0 saturated heterocycles. The molecule has 3 atom stereocenters. The molecule has 1 fully saturated rings. The van der Waals surface area contributed by atoms with Gasteiger partial charge in [0.05, 0.1) is 17.4 Å². The van der Waals surface area contributed by atoms with Crippen molar-refractivity contribution in [1.29, 1.82) is 0 Å². The molecular weight excluding hydrogens is 510 g/mol. The highest BCUT2D eigenvalue weighted by Crippen LogP contribution is 2.60. The van der Waals surface area contributed by atoms with E-state index < -0.39 is 0 Å². The van der Waals surface area contributed by atoms with E-state index >= 15 is 0 Å². The lowest BCUT2D eigenvalue weighted by atomic mass is 9.94. The highest BCUT2D eigenvalue weighted by atomic mass is 35.5. The van der Waals surface area contributed by atoms with Gasteiger partial charge in [-0.25, -0.2) is 0 Å². The number of halogens is 1. The van der Waals surface area contributed by atoms with Gasteiger partial charge in [-0.2, -0.15) is 4.68 Å². The van der Waals surface area contributed by atoms with Gasteiger partial charge in [0.1, 0.15) is 6.33 Å². The molecule has 1 saturated carbocycles. The largest absolute Gasteiger partial charge is 0.303 e. The van der Waals surface area contributed by atoms with Gasteiger partial charge in [0.15, 0.2) is 0 Å². The summed E-state index contributed by atoms with van der Waals surface area (Å²) in [7, 11) is 0. The first-order chi connectivity index (χ1) is 19.0. The summed E-state index contributed by atoms with van der Waals surface area (Å²) in [6.07, 6.45) is 7.97. The van der Waals surface area contributed by atoms with Crippen LogP contribution in [0.25, 0.3) is 22.4 Å². The first-order valence-electron chi connectivity index (χ1n) is 12.9. The summed E-state index contributed by atoms with van der Waals surface area (Å²) in [5.74, 6) is 0.758.